The highest BCUT2D eigenvalue weighted by atomic mass is 16.5. The normalized spacial score (nSPS) is 12.6. The number of rotatable bonds is 8. The molecule has 106 valence electrons. The Bertz CT molecular complexity index is 389. The van der Waals surface area contributed by atoms with Crippen LogP contribution in [0.1, 0.15) is 31.4 Å². The van der Waals surface area contributed by atoms with Crippen LogP contribution in [-0.2, 0) is 22.7 Å². The lowest BCUT2D eigenvalue weighted by molar-refractivity contribution is -0.138. The zero-order chi connectivity index (χ0) is 14.3. The monoisotopic (exact) mass is 265 g/mol. The Hall–Kier alpha value is -1.39. The molecule has 0 bridgehead atoms. The second-order valence-corrected chi connectivity index (χ2v) is 4.76. The van der Waals surface area contributed by atoms with E-state index in [2.05, 4.69) is 36.1 Å². The molecule has 1 unspecified atom stereocenters. The van der Waals surface area contributed by atoms with E-state index in [9.17, 15) is 4.79 Å². The van der Waals surface area contributed by atoms with E-state index in [0.717, 1.165) is 18.7 Å². The molecule has 0 heterocycles. The number of carboxylic acid groups (broad SMARTS) is 1. The van der Waals surface area contributed by atoms with Gasteiger partial charge in [-0.2, -0.15) is 0 Å². The fraction of sp³-hybridized carbons (Fsp3) is 0.533. The van der Waals surface area contributed by atoms with E-state index in [1.165, 1.54) is 5.56 Å². The molecule has 1 atom stereocenters. The van der Waals surface area contributed by atoms with Crippen molar-refractivity contribution >= 4 is 5.97 Å². The maximum Gasteiger partial charge on any atom is 0.304 e. The minimum absolute atomic E-state index is 0.0427. The second-order valence-electron chi connectivity index (χ2n) is 4.76. The van der Waals surface area contributed by atoms with Gasteiger partial charge in [-0.05, 0) is 24.6 Å². The van der Waals surface area contributed by atoms with Crippen molar-refractivity contribution in [2.75, 3.05) is 13.7 Å². The van der Waals surface area contributed by atoms with Crippen LogP contribution in [0.5, 0.6) is 0 Å². The van der Waals surface area contributed by atoms with Crippen LogP contribution in [0.15, 0.2) is 24.3 Å². The quantitative estimate of drug-likeness (QED) is 0.784. The van der Waals surface area contributed by atoms with Crippen molar-refractivity contribution in [2.24, 2.45) is 0 Å². The summed E-state index contributed by atoms with van der Waals surface area (Å²) in [6, 6.07) is 8.29. The van der Waals surface area contributed by atoms with Gasteiger partial charge in [0, 0.05) is 19.7 Å². The first-order valence-electron chi connectivity index (χ1n) is 6.59. The molecule has 1 N–H and O–H groups in total. The first kappa shape index (κ1) is 15.7. The van der Waals surface area contributed by atoms with Crippen LogP contribution in [0, 0.1) is 0 Å². The van der Waals surface area contributed by atoms with Gasteiger partial charge in [-0.3, -0.25) is 9.69 Å². The van der Waals surface area contributed by atoms with Crippen LogP contribution < -0.4 is 0 Å². The average Bonchev–Trinajstić information content (AvgIpc) is 2.37. The SMILES string of the molecule is CCN(Cc1ccc(COC)cc1)C(C)CC(=O)O. The third-order valence-corrected chi connectivity index (χ3v) is 3.22. The van der Waals surface area contributed by atoms with Crippen LogP contribution in [0.4, 0.5) is 0 Å². The molecule has 0 aliphatic carbocycles. The van der Waals surface area contributed by atoms with Gasteiger partial charge in [0.2, 0.25) is 0 Å². The third kappa shape index (κ3) is 5.41. The molecular weight excluding hydrogens is 242 g/mol. The Labute approximate surface area is 115 Å². The second kappa shape index (κ2) is 7.92. The zero-order valence-electron chi connectivity index (χ0n) is 11.9. The zero-order valence-corrected chi connectivity index (χ0v) is 11.9. The van der Waals surface area contributed by atoms with E-state index in [4.69, 9.17) is 9.84 Å². The van der Waals surface area contributed by atoms with E-state index < -0.39 is 5.97 Å². The van der Waals surface area contributed by atoms with Crippen molar-refractivity contribution < 1.29 is 14.6 Å². The fourth-order valence-electron chi connectivity index (χ4n) is 2.10. The van der Waals surface area contributed by atoms with Gasteiger partial charge in [-0.25, -0.2) is 0 Å². The van der Waals surface area contributed by atoms with Crippen molar-refractivity contribution in [3.63, 3.8) is 0 Å². The lowest BCUT2D eigenvalue weighted by atomic mass is 10.1. The summed E-state index contributed by atoms with van der Waals surface area (Å²) >= 11 is 0. The predicted octanol–water partition coefficient (Wildman–Crippen LogP) is 2.52. The van der Waals surface area contributed by atoms with Crippen LogP contribution >= 0.6 is 0 Å². The summed E-state index contributed by atoms with van der Waals surface area (Å²) in [5.74, 6) is -0.749. The first-order valence-corrected chi connectivity index (χ1v) is 6.59. The predicted molar refractivity (Wildman–Crippen MR) is 75.0 cm³/mol. The van der Waals surface area contributed by atoms with E-state index >= 15 is 0 Å². The van der Waals surface area contributed by atoms with E-state index in [1.54, 1.807) is 7.11 Å². The van der Waals surface area contributed by atoms with Gasteiger partial charge < -0.3 is 9.84 Å². The standard InChI is InChI=1S/C15H23NO3/c1-4-16(12(2)9-15(17)18)10-13-5-7-14(8-6-13)11-19-3/h5-8,12H,4,9-11H2,1-3H3,(H,17,18). The number of ether oxygens (including phenoxy) is 1. The molecule has 0 aliphatic rings. The van der Waals surface area contributed by atoms with Crippen LogP contribution in [-0.4, -0.2) is 35.7 Å². The molecule has 0 amide bonds. The Kier molecular flexibility index (Phi) is 6.53. The van der Waals surface area contributed by atoms with E-state index in [0.29, 0.717) is 6.61 Å². The Morgan fingerprint density at radius 1 is 1.32 bits per heavy atom. The number of benzene rings is 1. The number of carbonyl (C=O) groups is 1. The molecular formula is C15H23NO3. The molecule has 19 heavy (non-hydrogen) atoms. The average molecular weight is 265 g/mol. The van der Waals surface area contributed by atoms with Gasteiger partial charge >= 0.3 is 5.97 Å². The summed E-state index contributed by atoms with van der Waals surface area (Å²) in [6.45, 7) is 6.24. The van der Waals surface area contributed by atoms with Crippen molar-refractivity contribution in [1.29, 1.82) is 0 Å². The Morgan fingerprint density at radius 2 is 1.89 bits per heavy atom. The number of nitrogens with zero attached hydrogens (tertiary/aromatic N) is 1. The van der Waals surface area contributed by atoms with Crippen molar-refractivity contribution in [1.82, 2.24) is 4.90 Å². The topological polar surface area (TPSA) is 49.8 Å². The van der Waals surface area contributed by atoms with Crippen molar-refractivity contribution in [3.8, 4) is 0 Å². The number of hydrogen-bond acceptors (Lipinski definition) is 3. The molecule has 1 aromatic carbocycles. The molecule has 1 aromatic rings. The summed E-state index contributed by atoms with van der Waals surface area (Å²) < 4.78 is 5.08. The highest BCUT2D eigenvalue weighted by Gasteiger charge is 2.15. The van der Waals surface area contributed by atoms with Gasteiger partial charge in [-0.1, -0.05) is 31.2 Å². The summed E-state index contributed by atoms with van der Waals surface area (Å²) in [6.07, 6.45) is 0.176. The van der Waals surface area contributed by atoms with Gasteiger partial charge in [0.1, 0.15) is 0 Å². The maximum atomic E-state index is 10.8. The summed E-state index contributed by atoms with van der Waals surface area (Å²) in [7, 11) is 1.68. The van der Waals surface area contributed by atoms with E-state index in [-0.39, 0.29) is 12.5 Å². The molecule has 0 aliphatic heterocycles. The van der Waals surface area contributed by atoms with Crippen molar-refractivity contribution in [2.45, 2.75) is 39.5 Å². The van der Waals surface area contributed by atoms with E-state index in [1.807, 2.05) is 6.92 Å². The first-order chi connectivity index (χ1) is 9.06. The fourth-order valence-corrected chi connectivity index (χ4v) is 2.10. The molecule has 0 aromatic heterocycles. The van der Waals surface area contributed by atoms with Gasteiger partial charge in [0.15, 0.2) is 0 Å². The van der Waals surface area contributed by atoms with Gasteiger partial charge in [0.25, 0.3) is 0 Å². The number of aliphatic carboxylic acids is 1. The molecule has 0 radical (unpaired) electrons. The molecule has 0 saturated heterocycles. The number of carboxylic acids is 1. The summed E-state index contributed by atoms with van der Waals surface area (Å²) in [5, 5.41) is 8.85. The van der Waals surface area contributed by atoms with Crippen LogP contribution in [0.25, 0.3) is 0 Å². The largest absolute Gasteiger partial charge is 0.481 e. The minimum Gasteiger partial charge on any atom is -0.481 e. The van der Waals surface area contributed by atoms with Crippen molar-refractivity contribution in [3.05, 3.63) is 35.4 Å². The number of hydrogen-bond donors (Lipinski definition) is 1. The summed E-state index contributed by atoms with van der Waals surface area (Å²) in [5.41, 5.74) is 2.34. The highest BCUT2D eigenvalue weighted by molar-refractivity contribution is 5.67. The van der Waals surface area contributed by atoms with Gasteiger partial charge in [0.05, 0.1) is 13.0 Å². The molecule has 1 rings (SSSR count). The molecule has 4 nitrogen and oxygen atoms in total. The van der Waals surface area contributed by atoms with Crippen LogP contribution in [0.2, 0.25) is 0 Å². The molecule has 4 heteroatoms. The minimum atomic E-state index is -0.749. The molecule has 0 saturated carbocycles. The lowest BCUT2D eigenvalue weighted by Gasteiger charge is -2.26. The lowest BCUT2D eigenvalue weighted by Crippen LogP contribution is -2.34. The Balaban J connectivity index is 2.62. The maximum absolute atomic E-state index is 10.8. The number of methoxy groups -OCH3 is 1. The summed E-state index contributed by atoms with van der Waals surface area (Å²) in [4.78, 5) is 12.9. The third-order valence-electron chi connectivity index (χ3n) is 3.22. The smallest absolute Gasteiger partial charge is 0.304 e. The molecule has 0 fully saturated rings. The Morgan fingerprint density at radius 3 is 2.37 bits per heavy atom. The highest BCUT2D eigenvalue weighted by Crippen LogP contribution is 2.12. The van der Waals surface area contributed by atoms with Gasteiger partial charge in [-0.15, -0.1) is 0 Å². The molecule has 0 spiro atoms. The van der Waals surface area contributed by atoms with Crippen LogP contribution in [0.3, 0.4) is 0 Å².